The van der Waals surface area contributed by atoms with Crippen LogP contribution in [0.15, 0.2) is 23.4 Å². The van der Waals surface area contributed by atoms with E-state index in [2.05, 4.69) is 19.0 Å². The van der Waals surface area contributed by atoms with E-state index in [1.165, 1.54) is 89.9 Å². The minimum absolute atomic E-state index is 0.127. The number of ether oxygens (including phenoxy) is 1. The topological polar surface area (TPSA) is 62.1 Å². The molecular formula is C28H49NO3. The van der Waals surface area contributed by atoms with Crippen molar-refractivity contribution in [3.63, 3.8) is 0 Å². The van der Waals surface area contributed by atoms with Crippen LogP contribution in [0, 0.1) is 0 Å². The van der Waals surface area contributed by atoms with Crippen LogP contribution in [-0.4, -0.2) is 22.6 Å². The van der Waals surface area contributed by atoms with Gasteiger partial charge >= 0.3 is 0 Å². The molecule has 0 amide bonds. The van der Waals surface area contributed by atoms with Gasteiger partial charge in [-0.1, -0.05) is 115 Å². The summed E-state index contributed by atoms with van der Waals surface area (Å²) in [5.41, 5.74) is 1.16. The SMILES string of the molecule is CCCCCCCCCCC/C(=N\O)c1ccc(OCCCCCCCCCC)cc1O. The highest BCUT2D eigenvalue weighted by Crippen LogP contribution is 2.26. The fourth-order valence-electron chi connectivity index (χ4n) is 4.11. The first-order valence-corrected chi connectivity index (χ1v) is 13.4. The summed E-state index contributed by atoms with van der Waals surface area (Å²) in [5, 5.41) is 23.3. The molecule has 0 aliphatic carbocycles. The molecule has 0 fully saturated rings. The molecule has 32 heavy (non-hydrogen) atoms. The standard InChI is InChI=1S/C28H49NO3/c1-3-5-7-9-11-13-14-16-18-20-27(29-31)26-22-21-25(24-28(26)30)32-23-19-17-15-12-10-8-6-4-2/h21-22,24,30-31H,3-20,23H2,1-2H3/b29-27+. The third-order valence-corrected chi connectivity index (χ3v) is 6.18. The molecule has 0 unspecified atom stereocenters. The lowest BCUT2D eigenvalue weighted by atomic mass is 10.0. The summed E-state index contributed by atoms with van der Waals surface area (Å²) >= 11 is 0. The van der Waals surface area contributed by atoms with Gasteiger partial charge in [0.2, 0.25) is 0 Å². The number of oxime groups is 1. The van der Waals surface area contributed by atoms with Crippen molar-refractivity contribution in [2.75, 3.05) is 6.61 Å². The van der Waals surface area contributed by atoms with Gasteiger partial charge in [-0.2, -0.15) is 0 Å². The smallest absolute Gasteiger partial charge is 0.128 e. The Morgan fingerprint density at radius 2 is 1.22 bits per heavy atom. The molecule has 0 aromatic heterocycles. The second-order valence-corrected chi connectivity index (χ2v) is 9.13. The lowest BCUT2D eigenvalue weighted by Crippen LogP contribution is -2.03. The van der Waals surface area contributed by atoms with Gasteiger partial charge in [0.05, 0.1) is 12.3 Å². The van der Waals surface area contributed by atoms with Crippen LogP contribution in [0.4, 0.5) is 0 Å². The van der Waals surface area contributed by atoms with Gasteiger partial charge in [-0.3, -0.25) is 0 Å². The van der Waals surface area contributed by atoms with Crippen LogP contribution < -0.4 is 4.74 Å². The van der Waals surface area contributed by atoms with Crippen LogP contribution in [-0.2, 0) is 0 Å². The molecule has 1 aromatic carbocycles. The summed E-state index contributed by atoms with van der Waals surface area (Å²) < 4.78 is 5.80. The Bertz CT molecular complexity index is 600. The lowest BCUT2D eigenvalue weighted by molar-refractivity contribution is 0.302. The molecule has 2 N–H and O–H groups in total. The maximum absolute atomic E-state index is 10.4. The monoisotopic (exact) mass is 447 g/mol. The summed E-state index contributed by atoms with van der Waals surface area (Å²) in [7, 11) is 0. The molecule has 0 heterocycles. The van der Waals surface area contributed by atoms with E-state index < -0.39 is 0 Å². The molecule has 1 aromatic rings. The van der Waals surface area contributed by atoms with E-state index in [0.717, 1.165) is 19.3 Å². The molecule has 4 heteroatoms. The molecule has 0 aliphatic heterocycles. The van der Waals surface area contributed by atoms with Crippen molar-refractivity contribution in [2.24, 2.45) is 5.16 Å². The Hall–Kier alpha value is -1.71. The van der Waals surface area contributed by atoms with Crippen LogP contribution in [0.3, 0.4) is 0 Å². The number of aromatic hydroxyl groups is 1. The Morgan fingerprint density at radius 1 is 0.719 bits per heavy atom. The first-order valence-electron chi connectivity index (χ1n) is 13.4. The summed E-state index contributed by atoms with van der Waals surface area (Å²) in [6.07, 6.45) is 22.1. The Morgan fingerprint density at radius 3 is 1.72 bits per heavy atom. The fourth-order valence-corrected chi connectivity index (χ4v) is 4.11. The van der Waals surface area contributed by atoms with E-state index in [1.54, 1.807) is 12.1 Å². The Kier molecular flexibility index (Phi) is 17.6. The molecule has 0 bridgehead atoms. The van der Waals surface area contributed by atoms with Crippen LogP contribution in [0.2, 0.25) is 0 Å². The first kappa shape index (κ1) is 28.3. The molecule has 4 nitrogen and oxygen atoms in total. The Balaban J connectivity index is 2.22. The summed E-state index contributed by atoms with van der Waals surface area (Å²) in [4.78, 5) is 0. The number of rotatable bonds is 21. The highest BCUT2D eigenvalue weighted by molar-refractivity contribution is 6.02. The maximum Gasteiger partial charge on any atom is 0.128 e. The molecule has 0 atom stereocenters. The van der Waals surface area contributed by atoms with Gasteiger partial charge in [0.1, 0.15) is 11.5 Å². The summed E-state index contributed by atoms with van der Waals surface area (Å²) in [5.74, 6) is 0.803. The van der Waals surface area contributed by atoms with E-state index in [9.17, 15) is 10.3 Å². The van der Waals surface area contributed by atoms with E-state index in [4.69, 9.17) is 4.74 Å². The van der Waals surface area contributed by atoms with Gasteiger partial charge in [0.15, 0.2) is 0 Å². The third kappa shape index (κ3) is 13.6. The molecule has 0 aliphatic rings. The van der Waals surface area contributed by atoms with Crippen molar-refractivity contribution in [3.05, 3.63) is 23.8 Å². The zero-order valence-corrected chi connectivity index (χ0v) is 20.9. The van der Waals surface area contributed by atoms with Crippen LogP contribution in [0.1, 0.15) is 135 Å². The number of unbranched alkanes of at least 4 members (excludes halogenated alkanes) is 15. The lowest BCUT2D eigenvalue weighted by Gasteiger charge is -2.11. The third-order valence-electron chi connectivity index (χ3n) is 6.18. The van der Waals surface area contributed by atoms with Gasteiger partial charge < -0.3 is 15.1 Å². The van der Waals surface area contributed by atoms with Crippen LogP contribution in [0.5, 0.6) is 11.5 Å². The molecule has 0 spiro atoms. The van der Waals surface area contributed by atoms with Crippen molar-refractivity contribution in [2.45, 2.75) is 129 Å². The first-order chi connectivity index (χ1) is 15.7. The largest absolute Gasteiger partial charge is 0.507 e. The molecule has 1 rings (SSSR count). The van der Waals surface area contributed by atoms with Gasteiger partial charge in [-0.15, -0.1) is 0 Å². The van der Waals surface area contributed by atoms with E-state index in [0.29, 0.717) is 30.1 Å². The normalized spacial score (nSPS) is 11.8. The van der Waals surface area contributed by atoms with Gasteiger partial charge in [-0.25, -0.2) is 0 Å². The maximum atomic E-state index is 10.4. The fraction of sp³-hybridized carbons (Fsp3) is 0.750. The van der Waals surface area contributed by atoms with Gasteiger partial charge in [0.25, 0.3) is 0 Å². The quantitative estimate of drug-likeness (QED) is 0.0855. The number of hydrogen-bond donors (Lipinski definition) is 2. The summed E-state index contributed by atoms with van der Waals surface area (Å²) in [6, 6.07) is 5.31. The predicted molar refractivity (Wildman–Crippen MR) is 136 cm³/mol. The second-order valence-electron chi connectivity index (χ2n) is 9.13. The van der Waals surface area contributed by atoms with Crippen molar-refractivity contribution < 1.29 is 15.1 Å². The van der Waals surface area contributed by atoms with Crippen molar-refractivity contribution in [1.82, 2.24) is 0 Å². The molecular weight excluding hydrogens is 398 g/mol. The van der Waals surface area contributed by atoms with E-state index in [-0.39, 0.29) is 5.75 Å². The minimum Gasteiger partial charge on any atom is -0.507 e. The predicted octanol–water partition coefficient (Wildman–Crippen LogP) is 9.01. The molecule has 0 saturated heterocycles. The molecule has 0 saturated carbocycles. The van der Waals surface area contributed by atoms with Gasteiger partial charge in [-0.05, 0) is 31.4 Å². The zero-order chi connectivity index (χ0) is 23.3. The minimum atomic E-state index is 0.127. The van der Waals surface area contributed by atoms with Gasteiger partial charge in [0, 0.05) is 11.6 Å². The number of phenols is 1. The molecule has 0 radical (unpaired) electrons. The average Bonchev–Trinajstić information content (AvgIpc) is 2.80. The average molecular weight is 448 g/mol. The number of phenolic OH excluding ortho intramolecular Hbond substituents is 1. The van der Waals surface area contributed by atoms with E-state index >= 15 is 0 Å². The zero-order valence-electron chi connectivity index (χ0n) is 20.9. The number of hydrogen-bond acceptors (Lipinski definition) is 4. The van der Waals surface area contributed by atoms with Crippen LogP contribution >= 0.6 is 0 Å². The number of benzene rings is 1. The van der Waals surface area contributed by atoms with Crippen LogP contribution in [0.25, 0.3) is 0 Å². The molecule has 184 valence electrons. The van der Waals surface area contributed by atoms with E-state index in [1.807, 2.05) is 6.07 Å². The number of nitrogens with zero attached hydrogens (tertiary/aromatic N) is 1. The summed E-state index contributed by atoms with van der Waals surface area (Å²) in [6.45, 7) is 5.17. The van der Waals surface area contributed by atoms with Crippen molar-refractivity contribution in [1.29, 1.82) is 0 Å². The highest BCUT2D eigenvalue weighted by atomic mass is 16.5. The van der Waals surface area contributed by atoms with Crippen molar-refractivity contribution in [3.8, 4) is 11.5 Å². The highest BCUT2D eigenvalue weighted by Gasteiger charge is 2.11. The Labute approximate surface area is 197 Å². The second kappa shape index (κ2) is 19.9. The van der Waals surface area contributed by atoms with Crippen molar-refractivity contribution >= 4 is 5.71 Å².